The van der Waals surface area contributed by atoms with Crippen LogP contribution < -0.4 is 11.1 Å². The Kier molecular flexibility index (Phi) is 4.45. The van der Waals surface area contributed by atoms with E-state index in [1.54, 1.807) is 13.3 Å². The van der Waals surface area contributed by atoms with E-state index in [4.69, 9.17) is 10.5 Å². The molecule has 3 N–H and O–H groups in total. The van der Waals surface area contributed by atoms with Crippen LogP contribution in [0.25, 0.3) is 0 Å². The summed E-state index contributed by atoms with van der Waals surface area (Å²) in [4.78, 5) is 17.2. The second-order valence-electron chi connectivity index (χ2n) is 5.89. The summed E-state index contributed by atoms with van der Waals surface area (Å²) in [5.74, 6) is 1.42. The van der Waals surface area contributed by atoms with Gasteiger partial charge in [-0.15, -0.1) is 0 Å². The van der Waals surface area contributed by atoms with Gasteiger partial charge in [0, 0.05) is 20.1 Å². The maximum absolute atomic E-state index is 12.9. The van der Waals surface area contributed by atoms with Crippen LogP contribution in [0.4, 0.5) is 5.82 Å². The lowest BCUT2D eigenvalue weighted by atomic mass is 9.91. The van der Waals surface area contributed by atoms with E-state index in [2.05, 4.69) is 14.9 Å². The van der Waals surface area contributed by atoms with Crippen LogP contribution in [0.1, 0.15) is 24.2 Å². The molecule has 0 bridgehead atoms. The Morgan fingerprint density at radius 3 is 2.91 bits per heavy atom. The Bertz CT molecular complexity index is 683. The summed E-state index contributed by atoms with van der Waals surface area (Å²) in [5, 5.41) is 2.93. The summed E-state index contributed by atoms with van der Waals surface area (Å²) >= 11 is 0. The van der Waals surface area contributed by atoms with E-state index >= 15 is 0 Å². The molecular formula is C17H22N4O2. The molecule has 1 unspecified atom stereocenters. The number of aryl methyl sites for hydroxylation is 1. The Balaban J connectivity index is 1.86. The number of hydrogen-bond donors (Lipinski definition) is 2. The molecule has 1 atom stereocenters. The number of benzene rings is 1. The average Bonchev–Trinajstić information content (AvgIpc) is 2.99. The minimum Gasteiger partial charge on any atom is -0.382 e. The first-order valence-corrected chi connectivity index (χ1v) is 7.84. The van der Waals surface area contributed by atoms with E-state index < -0.39 is 5.54 Å². The van der Waals surface area contributed by atoms with Crippen LogP contribution in [0, 0.1) is 0 Å². The van der Waals surface area contributed by atoms with E-state index in [1.165, 1.54) is 0 Å². The number of carbonyl (C=O) groups is 1. The van der Waals surface area contributed by atoms with E-state index in [0.717, 1.165) is 37.2 Å². The molecule has 2 heterocycles. The van der Waals surface area contributed by atoms with Crippen molar-refractivity contribution >= 4 is 11.7 Å². The van der Waals surface area contributed by atoms with Crippen molar-refractivity contribution in [3.8, 4) is 0 Å². The van der Waals surface area contributed by atoms with Gasteiger partial charge >= 0.3 is 0 Å². The zero-order chi connectivity index (χ0) is 16.3. The van der Waals surface area contributed by atoms with Crippen molar-refractivity contribution in [2.24, 2.45) is 5.73 Å². The molecule has 0 spiro atoms. The van der Waals surface area contributed by atoms with Crippen LogP contribution in [0.2, 0.25) is 0 Å². The number of ether oxygens (including phenoxy) is 1. The number of fused-ring (bicyclic) bond motifs is 1. The lowest BCUT2D eigenvalue weighted by molar-refractivity contribution is -0.123. The monoisotopic (exact) mass is 314 g/mol. The third-order valence-corrected chi connectivity index (χ3v) is 4.28. The van der Waals surface area contributed by atoms with Crippen molar-refractivity contribution in [2.75, 3.05) is 19.0 Å². The van der Waals surface area contributed by atoms with Gasteiger partial charge in [-0.25, -0.2) is 4.98 Å². The number of aromatic nitrogens is 2. The minimum atomic E-state index is -1.24. The SMILES string of the molecule is COCC(N)(C(=O)Nc1cnc2n1CCCC2)c1ccccc1. The summed E-state index contributed by atoms with van der Waals surface area (Å²) in [6.45, 7) is 0.974. The van der Waals surface area contributed by atoms with Crippen molar-refractivity contribution in [3.05, 3.63) is 47.9 Å². The number of hydrogen-bond acceptors (Lipinski definition) is 4. The second kappa shape index (κ2) is 6.52. The van der Waals surface area contributed by atoms with Gasteiger partial charge in [-0.2, -0.15) is 0 Å². The molecule has 3 rings (SSSR count). The standard InChI is InChI=1S/C17H22N4O2/c1-23-12-17(18,13-7-3-2-4-8-13)16(22)20-15-11-19-14-9-5-6-10-21(14)15/h2-4,7-8,11H,5-6,9-10,12,18H2,1H3,(H,20,22). The summed E-state index contributed by atoms with van der Waals surface area (Å²) in [7, 11) is 1.54. The van der Waals surface area contributed by atoms with Crippen LogP contribution in [-0.2, 0) is 28.0 Å². The van der Waals surface area contributed by atoms with Crippen molar-refractivity contribution < 1.29 is 9.53 Å². The van der Waals surface area contributed by atoms with Crippen LogP contribution in [0.5, 0.6) is 0 Å². The highest BCUT2D eigenvalue weighted by Crippen LogP contribution is 2.24. The normalized spacial score (nSPS) is 16.4. The van der Waals surface area contributed by atoms with Gasteiger partial charge in [0.2, 0.25) is 0 Å². The first kappa shape index (κ1) is 15.7. The Hall–Kier alpha value is -2.18. The molecule has 1 amide bonds. The van der Waals surface area contributed by atoms with Gasteiger partial charge in [0.1, 0.15) is 17.2 Å². The number of amides is 1. The summed E-state index contributed by atoms with van der Waals surface area (Å²) in [6, 6.07) is 9.29. The van der Waals surface area contributed by atoms with E-state index in [9.17, 15) is 4.79 Å². The quantitative estimate of drug-likeness (QED) is 0.879. The topological polar surface area (TPSA) is 82.2 Å². The maximum atomic E-state index is 12.9. The molecule has 1 aromatic heterocycles. The molecule has 0 aliphatic carbocycles. The highest BCUT2D eigenvalue weighted by atomic mass is 16.5. The van der Waals surface area contributed by atoms with E-state index in [0.29, 0.717) is 5.82 Å². The van der Waals surface area contributed by atoms with Gasteiger partial charge < -0.3 is 20.4 Å². The molecule has 0 saturated heterocycles. The first-order valence-electron chi connectivity index (χ1n) is 7.84. The van der Waals surface area contributed by atoms with Crippen molar-refractivity contribution in [1.82, 2.24) is 9.55 Å². The molecule has 0 saturated carbocycles. The third kappa shape index (κ3) is 3.00. The molecule has 23 heavy (non-hydrogen) atoms. The summed E-state index contributed by atoms with van der Waals surface area (Å²) < 4.78 is 7.26. The molecule has 1 aliphatic rings. The highest BCUT2D eigenvalue weighted by Gasteiger charge is 2.37. The third-order valence-electron chi connectivity index (χ3n) is 4.28. The van der Waals surface area contributed by atoms with E-state index in [1.807, 2.05) is 30.3 Å². The van der Waals surface area contributed by atoms with Gasteiger partial charge in [-0.05, 0) is 18.4 Å². The number of methoxy groups -OCH3 is 1. The van der Waals surface area contributed by atoms with Crippen LogP contribution in [0.3, 0.4) is 0 Å². The molecule has 1 aliphatic heterocycles. The van der Waals surface area contributed by atoms with Gasteiger partial charge in [0.25, 0.3) is 5.91 Å². The number of nitrogens with two attached hydrogens (primary N) is 1. The number of nitrogens with one attached hydrogen (secondary N) is 1. The molecule has 0 radical (unpaired) electrons. The lowest BCUT2D eigenvalue weighted by Gasteiger charge is -2.28. The zero-order valence-corrected chi connectivity index (χ0v) is 13.3. The molecule has 122 valence electrons. The van der Waals surface area contributed by atoms with Crippen LogP contribution in [-0.4, -0.2) is 29.2 Å². The largest absolute Gasteiger partial charge is 0.382 e. The lowest BCUT2D eigenvalue weighted by Crippen LogP contribution is -2.52. The molecule has 6 heteroatoms. The fourth-order valence-corrected chi connectivity index (χ4v) is 2.99. The molecular weight excluding hydrogens is 292 g/mol. The number of nitrogens with zero attached hydrogens (tertiary/aromatic N) is 2. The predicted octanol–water partition coefficient (Wildman–Crippen LogP) is 1.66. The summed E-state index contributed by atoms with van der Waals surface area (Å²) in [5.41, 5.74) is 5.88. The van der Waals surface area contributed by atoms with E-state index in [-0.39, 0.29) is 12.5 Å². The number of anilines is 1. The zero-order valence-electron chi connectivity index (χ0n) is 13.3. The van der Waals surface area contributed by atoms with Gasteiger partial charge in [0.15, 0.2) is 0 Å². The predicted molar refractivity (Wildman–Crippen MR) is 88.0 cm³/mol. The fraction of sp³-hybridized carbons (Fsp3) is 0.412. The molecule has 1 aromatic carbocycles. The fourth-order valence-electron chi connectivity index (χ4n) is 2.99. The highest BCUT2D eigenvalue weighted by molar-refractivity contribution is 5.98. The number of rotatable bonds is 5. The number of imidazole rings is 1. The van der Waals surface area contributed by atoms with Gasteiger partial charge in [0.05, 0.1) is 12.8 Å². The van der Waals surface area contributed by atoms with Crippen molar-refractivity contribution in [3.63, 3.8) is 0 Å². The average molecular weight is 314 g/mol. The first-order chi connectivity index (χ1) is 11.1. The molecule has 2 aromatic rings. The Labute approximate surface area is 135 Å². The van der Waals surface area contributed by atoms with Crippen molar-refractivity contribution in [1.29, 1.82) is 0 Å². The number of carbonyl (C=O) groups excluding carboxylic acids is 1. The van der Waals surface area contributed by atoms with Gasteiger partial charge in [-0.1, -0.05) is 30.3 Å². The molecule has 6 nitrogen and oxygen atoms in total. The second-order valence-corrected chi connectivity index (χ2v) is 5.89. The van der Waals surface area contributed by atoms with Crippen LogP contribution >= 0.6 is 0 Å². The van der Waals surface area contributed by atoms with Crippen LogP contribution in [0.15, 0.2) is 36.5 Å². The Morgan fingerprint density at radius 1 is 1.39 bits per heavy atom. The Morgan fingerprint density at radius 2 is 2.17 bits per heavy atom. The maximum Gasteiger partial charge on any atom is 0.252 e. The summed E-state index contributed by atoms with van der Waals surface area (Å²) in [6.07, 6.45) is 4.88. The van der Waals surface area contributed by atoms with Gasteiger partial charge in [-0.3, -0.25) is 4.79 Å². The smallest absolute Gasteiger partial charge is 0.252 e. The molecule has 0 fully saturated rings. The van der Waals surface area contributed by atoms with Crippen molar-refractivity contribution in [2.45, 2.75) is 31.3 Å². The minimum absolute atomic E-state index is 0.101.